The fourth-order valence-corrected chi connectivity index (χ4v) is 4.14. The number of ether oxygens (including phenoxy) is 1. The van der Waals surface area contributed by atoms with Crippen molar-refractivity contribution < 1.29 is 4.74 Å². The Kier molecular flexibility index (Phi) is 2.79. The highest BCUT2D eigenvalue weighted by molar-refractivity contribution is 5.06. The highest BCUT2D eigenvalue weighted by atomic mass is 16.5. The van der Waals surface area contributed by atoms with Gasteiger partial charge in [0.05, 0.1) is 12.7 Å². The van der Waals surface area contributed by atoms with Gasteiger partial charge in [0.2, 0.25) is 0 Å². The van der Waals surface area contributed by atoms with E-state index >= 15 is 0 Å². The highest BCUT2D eigenvalue weighted by Gasteiger charge is 2.50. The Labute approximate surface area is 105 Å². The van der Waals surface area contributed by atoms with Crippen LogP contribution in [0.3, 0.4) is 0 Å². The molecule has 2 saturated carbocycles. The smallest absolute Gasteiger partial charge is 0.0779 e. The quantitative estimate of drug-likeness (QED) is 0.699. The molecule has 3 aliphatic rings. The lowest BCUT2D eigenvalue weighted by Crippen LogP contribution is -2.63. The van der Waals surface area contributed by atoms with Crippen LogP contribution >= 0.6 is 0 Å². The Hall–Kier alpha value is -0.0800. The van der Waals surface area contributed by atoms with Crippen molar-refractivity contribution >= 4 is 0 Å². The van der Waals surface area contributed by atoms with Gasteiger partial charge in [0, 0.05) is 11.6 Å². The van der Waals surface area contributed by atoms with E-state index in [1.165, 1.54) is 38.5 Å². The van der Waals surface area contributed by atoms with Crippen LogP contribution in [0.5, 0.6) is 0 Å². The maximum absolute atomic E-state index is 6.28. The lowest BCUT2D eigenvalue weighted by Gasteiger charge is -2.49. The zero-order chi connectivity index (χ0) is 12.1. The average molecular weight is 237 g/mol. The summed E-state index contributed by atoms with van der Waals surface area (Å²) in [5, 5.41) is 3.98. The van der Waals surface area contributed by atoms with E-state index in [2.05, 4.69) is 26.1 Å². The van der Waals surface area contributed by atoms with E-state index in [0.29, 0.717) is 23.1 Å². The summed E-state index contributed by atoms with van der Waals surface area (Å²) in [6, 6.07) is 0.618. The Morgan fingerprint density at radius 2 is 1.76 bits per heavy atom. The molecule has 98 valence electrons. The summed E-state index contributed by atoms with van der Waals surface area (Å²) in [6.07, 6.45) is 8.44. The van der Waals surface area contributed by atoms with Crippen molar-refractivity contribution in [2.24, 2.45) is 11.3 Å². The van der Waals surface area contributed by atoms with Crippen molar-refractivity contribution in [2.75, 3.05) is 6.61 Å². The molecule has 1 heterocycles. The summed E-state index contributed by atoms with van der Waals surface area (Å²) in [5.41, 5.74) is 0.704. The monoisotopic (exact) mass is 237 g/mol. The molecule has 3 fully saturated rings. The fraction of sp³-hybridized carbons (Fsp3) is 1.00. The second-order valence-electron chi connectivity index (χ2n) is 7.47. The van der Waals surface area contributed by atoms with E-state index in [-0.39, 0.29) is 0 Å². The molecule has 1 aliphatic heterocycles. The number of nitrogens with one attached hydrogen (secondary N) is 1. The van der Waals surface area contributed by atoms with Crippen LogP contribution in [0, 0.1) is 11.3 Å². The minimum atomic E-state index is 0.327. The van der Waals surface area contributed by atoms with Crippen molar-refractivity contribution in [1.82, 2.24) is 5.32 Å². The summed E-state index contributed by atoms with van der Waals surface area (Å²) in [6.45, 7) is 8.06. The molecule has 0 radical (unpaired) electrons. The van der Waals surface area contributed by atoms with Crippen LogP contribution in [-0.2, 0) is 4.74 Å². The van der Waals surface area contributed by atoms with Crippen LogP contribution in [0.15, 0.2) is 0 Å². The first-order chi connectivity index (χ1) is 8.01. The van der Waals surface area contributed by atoms with Crippen LogP contribution in [0.4, 0.5) is 0 Å². The van der Waals surface area contributed by atoms with E-state index in [0.717, 1.165) is 12.5 Å². The molecule has 2 heteroatoms. The van der Waals surface area contributed by atoms with Gasteiger partial charge in [-0.05, 0) is 49.9 Å². The number of hydrogen-bond acceptors (Lipinski definition) is 2. The molecule has 2 unspecified atom stereocenters. The third-order valence-corrected chi connectivity index (χ3v) is 5.50. The van der Waals surface area contributed by atoms with Crippen molar-refractivity contribution in [3.63, 3.8) is 0 Å². The molecule has 0 aromatic rings. The van der Waals surface area contributed by atoms with Crippen molar-refractivity contribution in [1.29, 1.82) is 0 Å². The van der Waals surface area contributed by atoms with Crippen LogP contribution in [0.25, 0.3) is 0 Å². The number of morpholine rings is 1. The molecule has 1 spiro atoms. The Morgan fingerprint density at radius 1 is 1.06 bits per heavy atom. The molecule has 0 bridgehead atoms. The molecule has 0 aromatic heterocycles. The van der Waals surface area contributed by atoms with Crippen molar-refractivity contribution in [2.45, 2.75) is 77.0 Å². The normalized spacial score (nSPS) is 49.2. The Morgan fingerprint density at radius 3 is 2.47 bits per heavy atom. The molecule has 1 saturated heterocycles. The SMILES string of the molecule is CC1CCC2(CC1)COC1C(CCC1(C)C)N2. The minimum absolute atomic E-state index is 0.327. The van der Waals surface area contributed by atoms with Gasteiger partial charge in [-0.2, -0.15) is 0 Å². The first kappa shape index (κ1) is 12.0. The molecule has 2 aliphatic carbocycles. The summed E-state index contributed by atoms with van der Waals surface area (Å²) < 4.78 is 6.28. The molecule has 1 N–H and O–H groups in total. The molecule has 3 rings (SSSR count). The van der Waals surface area contributed by atoms with Crippen LogP contribution in [0.1, 0.15) is 59.3 Å². The lowest BCUT2D eigenvalue weighted by molar-refractivity contribution is -0.0994. The van der Waals surface area contributed by atoms with Gasteiger partial charge >= 0.3 is 0 Å². The van der Waals surface area contributed by atoms with E-state index in [4.69, 9.17) is 4.74 Å². The average Bonchev–Trinajstić information content (AvgIpc) is 2.59. The van der Waals surface area contributed by atoms with Crippen LogP contribution in [-0.4, -0.2) is 24.3 Å². The van der Waals surface area contributed by atoms with Gasteiger partial charge in [0.1, 0.15) is 0 Å². The van der Waals surface area contributed by atoms with E-state index in [9.17, 15) is 0 Å². The van der Waals surface area contributed by atoms with Gasteiger partial charge in [0.25, 0.3) is 0 Å². The summed E-state index contributed by atoms with van der Waals surface area (Å²) in [7, 11) is 0. The first-order valence-corrected chi connectivity index (χ1v) is 7.40. The van der Waals surface area contributed by atoms with Gasteiger partial charge < -0.3 is 10.1 Å². The number of fused-ring (bicyclic) bond motifs is 1. The van der Waals surface area contributed by atoms with E-state index in [1.807, 2.05) is 0 Å². The summed E-state index contributed by atoms with van der Waals surface area (Å²) in [4.78, 5) is 0. The largest absolute Gasteiger partial charge is 0.374 e. The number of hydrogen-bond donors (Lipinski definition) is 1. The summed E-state index contributed by atoms with van der Waals surface area (Å²) in [5.74, 6) is 0.917. The maximum Gasteiger partial charge on any atom is 0.0779 e. The maximum atomic E-state index is 6.28. The van der Waals surface area contributed by atoms with Crippen LogP contribution in [0.2, 0.25) is 0 Å². The standard InChI is InChI=1S/C15H27NO/c1-11-4-8-15(9-5-11)10-17-13-12(16-15)6-7-14(13,2)3/h11-13,16H,4-10H2,1-3H3. The third-order valence-electron chi connectivity index (χ3n) is 5.50. The predicted molar refractivity (Wildman–Crippen MR) is 70.0 cm³/mol. The molecule has 0 aromatic carbocycles. The number of rotatable bonds is 0. The van der Waals surface area contributed by atoms with Gasteiger partial charge in [-0.25, -0.2) is 0 Å². The second-order valence-corrected chi connectivity index (χ2v) is 7.47. The summed E-state index contributed by atoms with van der Waals surface area (Å²) >= 11 is 0. The van der Waals surface area contributed by atoms with Gasteiger partial charge in [-0.1, -0.05) is 20.8 Å². The predicted octanol–water partition coefficient (Wildman–Crippen LogP) is 3.11. The third kappa shape index (κ3) is 2.04. The zero-order valence-corrected chi connectivity index (χ0v) is 11.6. The molecule has 0 amide bonds. The fourth-order valence-electron chi connectivity index (χ4n) is 4.14. The topological polar surface area (TPSA) is 21.3 Å². The zero-order valence-electron chi connectivity index (χ0n) is 11.6. The van der Waals surface area contributed by atoms with Crippen LogP contribution < -0.4 is 5.32 Å². The van der Waals surface area contributed by atoms with Gasteiger partial charge in [-0.3, -0.25) is 0 Å². The molecular weight excluding hydrogens is 210 g/mol. The van der Waals surface area contributed by atoms with Gasteiger partial charge in [0.15, 0.2) is 0 Å². The second kappa shape index (κ2) is 3.96. The van der Waals surface area contributed by atoms with Gasteiger partial charge in [-0.15, -0.1) is 0 Å². The van der Waals surface area contributed by atoms with E-state index < -0.39 is 0 Å². The lowest BCUT2D eigenvalue weighted by atomic mass is 9.75. The molecule has 2 atom stereocenters. The molecular formula is C15H27NO. The first-order valence-electron chi connectivity index (χ1n) is 7.40. The Balaban J connectivity index is 1.69. The van der Waals surface area contributed by atoms with Crippen molar-refractivity contribution in [3.05, 3.63) is 0 Å². The molecule has 17 heavy (non-hydrogen) atoms. The minimum Gasteiger partial charge on any atom is -0.374 e. The Bertz CT molecular complexity index is 291. The highest BCUT2D eigenvalue weighted by Crippen LogP contribution is 2.45. The van der Waals surface area contributed by atoms with E-state index in [1.54, 1.807) is 0 Å². The van der Waals surface area contributed by atoms with Crippen molar-refractivity contribution in [3.8, 4) is 0 Å². The molecule has 2 nitrogen and oxygen atoms in total.